The van der Waals surface area contributed by atoms with E-state index in [-0.39, 0.29) is 6.01 Å². The highest BCUT2D eigenvalue weighted by Gasteiger charge is 2.10. The molecule has 0 saturated heterocycles. The molecule has 0 spiro atoms. The van der Waals surface area contributed by atoms with E-state index in [1.807, 2.05) is 31.2 Å². The van der Waals surface area contributed by atoms with E-state index in [4.69, 9.17) is 9.47 Å². The molecular formula is C13H16N4O2S. The Morgan fingerprint density at radius 2 is 1.90 bits per heavy atom. The summed E-state index contributed by atoms with van der Waals surface area (Å²) in [5.74, 6) is 1.28. The summed E-state index contributed by atoms with van der Waals surface area (Å²) in [7, 11) is 3.17. The third-order valence-corrected chi connectivity index (χ3v) is 3.30. The maximum Gasteiger partial charge on any atom is 0.321 e. The van der Waals surface area contributed by atoms with Crippen molar-refractivity contribution in [2.24, 2.45) is 0 Å². The van der Waals surface area contributed by atoms with Gasteiger partial charge in [0, 0.05) is 6.54 Å². The average Bonchev–Trinajstić information content (AvgIpc) is 2.48. The van der Waals surface area contributed by atoms with Gasteiger partial charge in [-0.2, -0.15) is 15.0 Å². The van der Waals surface area contributed by atoms with Crippen LogP contribution in [0, 0.1) is 0 Å². The number of anilines is 1. The molecule has 2 rings (SSSR count). The fourth-order valence-electron chi connectivity index (χ4n) is 1.51. The Morgan fingerprint density at radius 1 is 1.10 bits per heavy atom. The van der Waals surface area contributed by atoms with Gasteiger partial charge in [-0.15, -0.1) is 0 Å². The number of para-hydroxylation sites is 1. The first kappa shape index (κ1) is 14.4. The number of nitrogens with zero attached hydrogens (tertiary/aromatic N) is 3. The molecule has 106 valence electrons. The maximum atomic E-state index is 5.31. The average molecular weight is 292 g/mol. The van der Waals surface area contributed by atoms with Gasteiger partial charge in [-0.25, -0.2) is 0 Å². The Bertz CT molecular complexity index is 580. The number of aromatic nitrogens is 3. The molecule has 0 bridgehead atoms. The molecule has 0 saturated carbocycles. The van der Waals surface area contributed by atoms with E-state index in [1.165, 1.54) is 18.9 Å². The Morgan fingerprint density at radius 3 is 2.60 bits per heavy atom. The maximum absolute atomic E-state index is 5.31. The van der Waals surface area contributed by atoms with Gasteiger partial charge in [-0.3, -0.25) is 0 Å². The zero-order valence-electron chi connectivity index (χ0n) is 11.6. The van der Waals surface area contributed by atoms with Crippen LogP contribution >= 0.6 is 11.8 Å². The van der Waals surface area contributed by atoms with Crippen LogP contribution in [0.4, 0.5) is 5.95 Å². The lowest BCUT2D eigenvalue weighted by Crippen LogP contribution is -2.05. The van der Waals surface area contributed by atoms with Crippen molar-refractivity contribution in [2.45, 2.75) is 17.0 Å². The topological polar surface area (TPSA) is 69.2 Å². The third kappa shape index (κ3) is 3.51. The van der Waals surface area contributed by atoms with Crippen LogP contribution < -0.4 is 14.8 Å². The molecule has 1 N–H and O–H groups in total. The highest BCUT2D eigenvalue weighted by molar-refractivity contribution is 7.99. The highest BCUT2D eigenvalue weighted by atomic mass is 32.2. The van der Waals surface area contributed by atoms with Gasteiger partial charge in [0.1, 0.15) is 5.75 Å². The lowest BCUT2D eigenvalue weighted by atomic mass is 10.3. The smallest absolute Gasteiger partial charge is 0.321 e. The molecule has 0 atom stereocenters. The van der Waals surface area contributed by atoms with Gasteiger partial charge in [-0.05, 0) is 30.8 Å². The number of benzene rings is 1. The summed E-state index contributed by atoms with van der Waals surface area (Å²) in [6, 6.07) is 7.99. The van der Waals surface area contributed by atoms with Crippen molar-refractivity contribution in [1.82, 2.24) is 15.0 Å². The quantitative estimate of drug-likeness (QED) is 0.877. The van der Waals surface area contributed by atoms with Crippen LogP contribution in [0.2, 0.25) is 0 Å². The lowest BCUT2D eigenvalue weighted by molar-refractivity contribution is 0.373. The number of methoxy groups -OCH3 is 2. The summed E-state index contributed by atoms with van der Waals surface area (Å²) in [5, 5.41) is 3.60. The van der Waals surface area contributed by atoms with Crippen LogP contribution in [-0.2, 0) is 0 Å². The van der Waals surface area contributed by atoms with Crippen molar-refractivity contribution < 1.29 is 9.47 Å². The van der Waals surface area contributed by atoms with Crippen molar-refractivity contribution in [3.63, 3.8) is 0 Å². The molecule has 0 aliphatic carbocycles. The molecule has 0 aliphatic heterocycles. The minimum absolute atomic E-state index is 0.286. The molecule has 0 aliphatic rings. The van der Waals surface area contributed by atoms with E-state index in [1.54, 1.807) is 7.11 Å². The summed E-state index contributed by atoms with van der Waals surface area (Å²) in [6.07, 6.45) is 0. The van der Waals surface area contributed by atoms with Gasteiger partial charge in [-0.1, -0.05) is 12.1 Å². The molecule has 1 aromatic heterocycles. The summed E-state index contributed by atoms with van der Waals surface area (Å²) < 4.78 is 10.4. The van der Waals surface area contributed by atoms with Crippen LogP contribution in [0.1, 0.15) is 6.92 Å². The number of hydrogen-bond acceptors (Lipinski definition) is 7. The summed E-state index contributed by atoms with van der Waals surface area (Å²) in [5.41, 5.74) is 0. The molecule has 0 unspecified atom stereocenters. The first-order valence-electron chi connectivity index (χ1n) is 6.11. The molecule has 20 heavy (non-hydrogen) atoms. The van der Waals surface area contributed by atoms with Crippen molar-refractivity contribution >= 4 is 17.7 Å². The summed E-state index contributed by atoms with van der Waals surface area (Å²) in [6.45, 7) is 2.70. The van der Waals surface area contributed by atoms with E-state index in [9.17, 15) is 0 Å². The summed E-state index contributed by atoms with van der Waals surface area (Å²) in [4.78, 5) is 13.6. The SMILES string of the molecule is CCNc1nc(OC)nc(Sc2ccccc2OC)n1. The fraction of sp³-hybridized carbons (Fsp3) is 0.308. The van der Waals surface area contributed by atoms with E-state index >= 15 is 0 Å². The minimum Gasteiger partial charge on any atom is -0.496 e. The molecule has 1 aromatic carbocycles. The Balaban J connectivity index is 2.30. The zero-order chi connectivity index (χ0) is 14.4. The molecule has 2 aromatic rings. The van der Waals surface area contributed by atoms with Crippen LogP contribution in [0.3, 0.4) is 0 Å². The van der Waals surface area contributed by atoms with E-state index in [0.29, 0.717) is 11.1 Å². The number of ether oxygens (including phenoxy) is 2. The van der Waals surface area contributed by atoms with Crippen molar-refractivity contribution in [1.29, 1.82) is 0 Å². The largest absolute Gasteiger partial charge is 0.496 e. The molecular weight excluding hydrogens is 276 g/mol. The molecule has 6 nitrogen and oxygen atoms in total. The molecule has 0 amide bonds. The highest BCUT2D eigenvalue weighted by Crippen LogP contribution is 2.33. The standard InChI is InChI=1S/C13H16N4O2S/c1-4-14-11-15-12(19-3)17-13(16-11)20-10-8-6-5-7-9(10)18-2/h5-8H,4H2,1-3H3,(H,14,15,16,17). The molecule has 0 radical (unpaired) electrons. The van der Waals surface area contributed by atoms with Crippen molar-refractivity contribution in [2.75, 3.05) is 26.1 Å². The van der Waals surface area contributed by atoms with Crippen LogP contribution in [-0.4, -0.2) is 35.7 Å². The molecule has 0 fully saturated rings. The number of rotatable bonds is 6. The van der Waals surface area contributed by atoms with Crippen molar-refractivity contribution in [3.8, 4) is 11.8 Å². The predicted octanol–water partition coefficient (Wildman–Crippen LogP) is 2.47. The monoisotopic (exact) mass is 292 g/mol. The molecule has 7 heteroatoms. The van der Waals surface area contributed by atoms with Gasteiger partial charge < -0.3 is 14.8 Å². The first-order valence-corrected chi connectivity index (χ1v) is 6.93. The van der Waals surface area contributed by atoms with Crippen molar-refractivity contribution in [3.05, 3.63) is 24.3 Å². The van der Waals surface area contributed by atoms with Gasteiger partial charge in [0.05, 0.1) is 19.1 Å². The fourth-order valence-corrected chi connectivity index (χ4v) is 2.36. The van der Waals surface area contributed by atoms with Gasteiger partial charge in [0.25, 0.3) is 0 Å². The van der Waals surface area contributed by atoms with E-state index < -0.39 is 0 Å². The summed E-state index contributed by atoms with van der Waals surface area (Å²) >= 11 is 1.40. The second kappa shape index (κ2) is 6.95. The van der Waals surface area contributed by atoms with E-state index in [2.05, 4.69) is 20.3 Å². The Labute approximate surface area is 122 Å². The first-order chi connectivity index (χ1) is 9.76. The van der Waals surface area contributed by atoms with Gasteiger partial charge in [0.2, 0.25) is 11.1 Å². The second-order valence-electron chi connectivity index (χ2n) is 3.71. The lowest BCUT2D eigenvalue weighted by Gasteiger charge is -2.08. The molecule has 1 heterocycles. The Kier molecular flexibility index (Phi) is 5.00. The Hall–Kier alpha value is -2.02. The van der Waals surface area contributed by atoms with Crippen LogP contribution in [0.25, 0.3) is 0 Å². The normalized spacial score (nSPS) is 10.2. The zero-order valence-corrected chi connectivity index (χ0v) is 12.4. The number of hydrogen-bond donors (Lipinski definition) is 1. The third-order valence-electron chi connectivity index (χ3n) is 2.38. The predicted molar refractivity (Wildman–Crippen MR) is 77.7 cm³/mol. The van der Waals surface area contributed by atoms with Gasteiger partial charge >= 0.3 is 6.01 Å². The van der Waals surface area contributed by atoms with Crippen LogP contribution in [0.5, 0.6) is 11.8 Å². The number of nitrogens with one attached hydrogen (secondary N) is 1. The minimum atomic E-state index is 0.286. The van der Waals surface area contributed by atoms with Crippen LogP contribution in [0.15, 0.2) is 34.3 Å². The van der Waals surface area contributed by atoms with Gasteiger partial charge in [0.15, 0.2) is 0 Å². The second-order valence-corrected chi connectivity index (χ2v) is 4.72. The van der Waals surface area contributed by atoms with E-state index in [0.717, 1.165) is 17.2 Å².